The third kappa shape index (κ3) is 4.97. The van der Waals surface area contributed by atoms with Crippen molar-refractivity contribution in [1.29, 1.82) is 5.26 Å². The molecule has 4 rings (SSSR count). The summed E-state index contributed by atoms with van der Waals surface area (Å²) in [5.74, 6) is -0.432. The highest BCUT2D eigenvalue weighted by atomic mass is 16.2. The number of aromatic amines is 1. The van der Waals surface area contributed by atoms with Crippen LogP contribution < -0.4 is 11.1 Å². The van der Waals surface area contributed by atoms with Crippen LogP contribution in [0.25, 0.3) is 10.9 Å². The van der Waals surface area contributed by atoms with Gasteiger partial charge in [0.05, 0.1) is 11.6 Å². The highest BCUT2D eigenvalue weighted by molar-refractivity contribution is 5.92. The van der Waals surface area contributed by atoms with Crippen LogP contribution >= 0.6 is 0 Å². The number of aromatic nitrogens is 1. The topological polar surface area (TPSA) is 115 Å². The van der Waals surface area contributed by atoms with Crippen molar-refractivity contribution in [2.45, 2.75) is 56.7 Å². The number of nitriles is 1. The van der Waals surface area contributed by atoms with Gasteiger partial charge >= 0.3 is 0 Å². The first kappa shape index (κ1) is 23.5. The molecule has 2 unspecified atom stereocenters. The second kappa shape index (κ2) is 9.70. The maximum Gasteiger partial charge on any atom is 0.246 e. The molecule has 0 bridgehead atoms. The molecule has 4 N–H and O–H groups in total. The summed E-state index contributed by atoms with van der Waals surface area (Å²) in [5, 5.41) is 13.8. The van der Waals surface area contributed by atoms with Crippen molar-refractivity contribution in [3.8, 4) is 6.07 Å². The zero-order chi connectivity index (χ0) is 24.3. The van der Waals surface area contributed by atoms with Crippen molar-refractivity contribution in [1.82, 2.24) is 15.2 Å². The Balaban J connectivity index is 1.58. The molecule has 3 atom stereocenters. The quantitative estimate of drug-likeness (QED) is 0.527. The predicted octanol–water partition coefficient (Wildman–Crippen LogP) is 3.23. The molecule has 0 radical (unpaired) electrons. The Hall–Kier alpha value is -3.63. The number of carbonyl (C=O) groups is 2. The highest BCUT2D eigenvalue weighted by Crippen LogP contribution is 2.32. The molecule has 34 heavy (non-hydrogen) atoms. The summed E-state index contributed by atoms with van der Waals surface area (Å²) in [4.78, 5) is 31.4. The van der Waals surface area contributed by atoms with E-state index in [1.54, 1.807) is 18.7 Å². The molecule has 7 heteroatoms. The number of benzene rings is 2. The predicted molar refractivity (Wildman–Crippen MR) is 132 cm³/mol. The Labute approximate surface area is 199 Å². The smallest absolute Gasteiger partial charge is 0.246 e. The number of hydrogen-bond acceptors (Lipinski definition) is 4. The van der Waals surface area contributed by atoms with E-state index in [0.717, 1.165) is 22.9 Å². The number of amides is 2. The molecule has 1 aliphatic heterocycles. The molecule has 2 amide bonds. The van der Waals surface area contributed by atoms with E-state index in [1.807, 2.05) is 48.7 Å². The van der Waals surface area contributed by atoms with Crippen LogP contribution in [-0.2, 0) is 16.0 Å². The van der Waals surface area contributed by atoms with E-state index < -0.39 is 23.5 Å². The number of fused-ring (bicyclic) bond motifs is 1. The first-order chi connectivity index (χ1) is 16.3. The fraction of sp³-hybridized carbons (Fsp3) is 0.370. The molecule has 1 aliphatic rings. The van der Waals surface area contributed by atoms with Gasteiger partial charge in [-0.15, -0.1) is 0 Å². The Morgan fingerprint density at radius 2 is 1.91 bits per heavy atom. The molecule has 0 aliphatic carbocycles. The first-order valence-electron chi connectivity index (χ1n) is 11.7. The summed E-state index contributed by atoms with van der Waals surface area (Å²) in [6.07, 6.45) is 3.52. The van der Waals surface area contributed by atoms with Gasteiger partial charge < -0.3 is 20.9 Å². The Bertz CT molecular complexity index is 1200. The average molecular weight is 458 g/mol. The SMILES string of the molecule is CC(C)(N)C(=O)N[C@H](Cc1c[nH]c2ccccc12)C(=O)N1CCC(c2ccccc2)CC1C#N. The summed E-state index contributed by atoms with van der Waals surface area (Å²) in [6, 6.07) is 18.9. The van der Waals surface area contributed by atoms with Crippen LogP contribution in [0, 0.1) is 11.3 Å². The monoisotopic (exact) mass is 457 g/mol. The lowest BCUT2D eigenvalue weighted by molar-refractivity contribution is -0.139. The van der Waals surface area contributed by atoms with Gasteiger partial charge in [-0.05, 0) is 49.8 Å². The van der Waals surface area contributed by atoms with Gasteiger partial charge in [-0.3, -0.25) is 9.59 Å². The van der Waals surface area contributed by atoms with E-state index in [4.69, 9.17) is 5.73 Å². The van der Waals surface area contributed by atoms with Crippen molar-refractivity contribution in [2.75, 3.05) is 6.54 Å². The average Bonchev–Trinajstić information content (AvgIpc) is 3.25. The van der Waals surface area contributed by atoms with E-state index in [1.165, 1.54) is 5.56 Å². The molecule has 1 saturated heterocycles. The van der Waals surface area contributed by atoms with Gasteiger partial charge in [0.2, 0.25) is 11.8 Å². The van der Waals surface area contributed by atoms with Crippen LogP contribution in [0.15, 0.2) is 60.8 Å². The number of H-pyrrole nitrogens is 1. The zero-order valence-electron chi connectivity index (χ0n) is 19.6. The third-order valence-corrected chi connectivity index (χ3v) is 6.59. The van der Waals surface area contributed by atoms with E-state index >= 15 is 0 Å². The lowest BCUT2D eigenvalue weighted by atomic mass is 9.85. The molecule has 0 saturated carbocycles. The second-order valence-electron chi connectivity index (χ2n) is 9.62. The summed E-state index contributed by atoms with van der Waals surface area (Å²) in [6.45, 7) is 3.68. The van der Waals surface area contributed by atoms with Crippen LogP contribution in [0.5, 0.6) is 0 Å². The standard InChI is InChI=1S/C27H31N5O2/c1-27(2,29)26(34)31-24(15-20-17-30-23-11-7-6-10-22(20)23)25(33)32-13-12-19(14-21(32)16-28)18-8-4-3-5-9-18/h3-11,17,19,21,24,30H,12-15,29H2,1-2H3,(H,31,34)/t19?,21?,24-/m1/s1. The molecule has 2 aromatic carbocycles. The molecule has 0 spiro atoms. The summed E-state index contributed by atoms with van der Waals surface area (Å²) in [7, 11) is 0. The number of rotatable bonds is 6. The van der Waals surface area contributed by atoms with E-state index in [-0.39, 0.29) is 11.8 Å². The van der Waals surface area contributed by atoms with E-state index in [9.17, 15) is 14.9 Å². The van der Waals surface area contributed by atoms with Gasteiger partial charge in [0, 0.05) is 30.1 Å². The summed E-state index contributed by atoms with van der Waals surface area (Å²) >= 11 is 0. The maximum atomic E-state index is 13.7. The second-order valence-corrected chi connectivity index (χ2v) is 9.62. The van der Waals surface area contributed by atoms with E-state index in [2.05, 4.69) is 28.5 Å². The van der Waals surface area contributed by atoms with Crippen molar-refractivity contribution in [3.63, 3.8) is 0 Å². The van der Waals surface area contributed by atoms with Gasteiger partial charge in [-0.25, -0.2) is 0 Å². The molecule has 2 heterocycles. The minimum Gasteiger partial charge on any atom is -0.361 e. The third-order valence-electron chi connectivity index (χ3n) is 6.59. The number of nitrogens with one attached hydrogen (secondary N) is 2. The van der Waals surface area contributed by atoms with Crippen LogP contribution in [-0.4, -0.2) is 45.9 Å². The minimum atomic E-state index is -1.13. The van der Waals surface area contributed by atoms with Gasteiger partial charge in [-0.2, -0.15) is 5.26 Å². The molecule has 176 valence electrons. The number of para-hydroxylation sites is 1. The van der Waals surface area contributed by atoms with E-state index in [0.29, 0.717) is 19.4 Å². The Kier molecular flexibility index (Phi) is 6.71. The summed E-state index contributed by atoms with van der Waals surface area (Å²) in [5.41, 5.74) is 7.96. The van der Waals surface area contributed by atoms with Crippen LogP contribution in [0.2, 0.25) is 0 Å². The molecular weight excluding hydrogens is 426 g/mol. The molecule has 1 aromatic heterocycles. The Morgan fingerprint density at radius 3 is 2.62 bits per heavy atom. The number of hydrogen-bond donors (Lipinski definition) is 3. The fourth-order valence-electron chi connectivity index (χ4n) is 4.64. The van der Waals surface area contributed by atoms with Gasteiger partial charge in [-0.1, -0.05) is 48.5 Å². The van der Waals surface area contributed by atoms with Gasteiger partial charge in [0.25, 0.3) is 0 Å². The first-order valence-corrected chi connectivity index (χ1v) is 11.7. The van der Waals surface area contributed by atoms with Crippen molar-refractivity contribution in [3.05, 3.63) is 71.9 Å². The fourth-order valence-corrected chi connectivity index (χ4v) is 4.64. The minimum absolute atomic E-state index is 0.222. The lowest BCUT2D eigenvalue weighted by Gasteiger charge is -2.38. The van der Waals surface area contributed by atoms with Gasteiger partial charge in [0.1, 0.15) is 12.1 Å². The Morgan fingerprint density at radius 1 is 1.21 bits per heavy atom. The highest BCUT2D eigenvalue weighted by Gasteiger charge is 2.37. The zero-order valence-corrected chi connectivity index (χ0v) is 19.6. The lowest BCUT2D eigenvalue weighted by Crippen LogP contribution is -2.59. The molecule has 1 fully saturated rings. The largest absolute Gasteiger partial charge is 0.361 e. The van der Waals surface area contributed by atoms with Crippen molar-refractivity contribution in [2.24, 2.45) is 5.73 Å². The summed E-state index contributed by atoms with van der Waals surface area (Å²) < 4.78 is 0. The number of likely N-dealkylation sites (tertiary alicyclic amines) is 1. The maximum absolute atomic E-state index is 13.7. The van der Waals surface area contributed by atoms with Gasteiger partial charge in [0.15, 0.2) is 0 Å². The van der Waals surface area contributed by atoms with Crippen LogP contribution in [0.1, 0.15) is 43.7 Å². The number of piperidine rings is 1. The van der Waals surface area contributed by atoms with Crippen LogP contribution in [0.3, 0.4) is 0 Å². The number of carbonyl (C=O) groups excluding carboxylic acids is 2. The van der Waals surface area contributed by atoms with Crippen LogP contribution in [0.4, 0.5) is 0 Å². The van der Waals surface area contributed by atoms with Crippen molar-refractivity contribution < 1.29 is 9.59 Å². The number of nitrogens with two attached hydrogens (primary N) is 1. The molecule has 7 nitrogen and oxygen atoms in total. The normalized spacial score (nSPS) is 19.4. The van der Waals surface area contributed by atoms with Crippen molar-refractivity contribution >= 4 is 22.7 Å². The molecular formula is C27H31N5O2. The molecule has 3 aromatic rings. The number of nitrogens with zero attached hydrogens (tertiary/aromatic N) is 2.